The summed E-state index contributed by atoms with van der Waals surface area (Å²) in [5.41, 5.74) is 5.92. The second-order valence-electron chi connectivity index (χ2n) is 8.96. The van der Waals surface area contributed by atoms with Gasteiger partial charge in [-0.2, -0.15) is 0 Å². The first-order valence-corrected chi connectivity index (χ1v) is 10.9. The van der Waals surface area contributed by atoms with E-state index in [0.717, 1.165) is 24.1 Å². The maximum absolute atomic E-state index is 11.2. The lowest BCUT2D eigenvalue weighted by Crippen LogP contribution is -2.23. The van der Waals surface area contributed by atoms with Crippen LogP contribution in [0.5, 0.6) is 5.75 Å². The largest absolute Gasteiger partial charge is 0.507 e. The molecule has 2 nitrogen and oxygen atoms in total. The van der Waals surface area contributed by atoms with Crippen molar-refractivity contribution in [3.05, 3.63) is 58.1 Å². The van der Waals surface area contributed by atoms with E-state index in [1.54, 1.807) is 0 Å². The van der Waals surface area contributed by atoms with Gasteiger partial charge >= 0.3 is 0 Å². The van der Waals surface area contributed by atoms with Gasteiger partial charge in [0, 0.05) is 17.3 Å². The fraction of sp³-hybridized carbons (Fsp3) is 0.500. The van der Waals surface area contributed by atoms with Gasteiger partial charge in [0.05, 0.1) is 0 Å². The molecule has 0 bridgehead atoms. The van der Waals surface area contributed by atoms with Gasteiger partial charge in [-0.1, -0.05) is 84.7 Å². The number of nitrogens with one attached hydrogen (secondary N) is 1. The molecule has 0 aliphatic rings. The van der Waals surface area contributed by atoms with E-state index in [1.807, 2.05) is 7.05 Å². The van der Waals surface area contributed by atoms with Crippen molar-refractivity contribution in [3.63, 3.8) is 0 Å². The topological polar surface area (TPSA) is 32.3 Å². The van der Waals surface area contributed by atoms with Crippen LogP contribution in [0.25, 0.3) is 0 Å². The molecule has 148 valence electrons. The third-order valence-electron chi connectivity index (χ3n) is 5.40. The van der Waals surface area contributed by atoms with Crippen LogP contribution in [0, 0.1) is 13.8 Å². The van der Waals surface area contributed by atoms with Crippen LogP contribution in [0.2, 0.25) is 0 Å². The number of hydrogen-bond acceptors (Lipinski definition) is 2. The summed E-state index contributed by atoms with van der Waals surface area (Å²) in [4.78, 5) is 0. The summed E-state index contributed by atoms with van der Waals surface area (Å²) in [6.45, 7) is 16.2. The first kappa shape index (κ1) is 21.9. The van der Waals surface area contributed by atoms with Crippen molar-refractivity contribution in [1.29, 1.82) is 0 Å². The SMILES string of the molecule is CCC(C)(Pc1ccc(C)cc1CNC)c1cc(C)cc(C(C)(C)C)c1O. The monoisotopic (exact) mass is 385 g/mol. The van der Waals surface area contributed by atoms with Gasteiger partial charge in [-0.15, -0.1) is 0 Å². The molecule has 2 unspecified atom stereocenters. The molecule has 0 aromatic heterocycles. The number of phenols is 1. The van der Waals surface area contributed by atoms with E-state index in [0.29, 0.717) is 14.3 Å². The van der Waals surface area contributed by atoms with Crippen LogP contribution in [0.1, 0.15) is 68.9 Å². The summed E-state index contributed by atoms with van der Waals surface area (Å²) in [7, 11) is 2.60. The maximum Gasteiger partial charge on any atom is 0.123 e. The molecule has 2 N–H and O–H groups in total. The number of benzene rings is 2. The third kappa shape index (κ3) is 4.92. The number of phenolic OH excluding ortho intramolecular Hbond substituents is 1. The smallest absolute Gasteiger partial charge is 0.123 e. The Labute approximate surface area is 167 Å². The zero-order chi connectivity index (χ0) is 20.4. The van der Waals surface area contributed by atoms with Crippen LogP contribution in [0.3, 0.4) is 0 Å². The van der Waals surface area contributed by atoms with Crippen molar-refractivity contribution in [2.75, 3.05) is 7.05 Å². The van der Waals surface area contributed by atoms with E-state index >= 15 is 0 Å². The molecule has 0 fully saturated rings. The third-order valence-corrected chi connectivity index (χ3v) is 7.33. The minimum absolute atomic E-state index is 0.0796. The van der Waals surface area contributed by atoms with Gasteiger partial charge in [0.1, 0.15) is 5.75 Å². The Bertz CT molecular complexity index is 807. The zero-order valence-electron chi connectivity index (χ0n) is 18.2. The molecule has 2 atom stereocenters. The minimum Gasteiger partial charge on any atom is -0.507 e. The summed E-state index contributed by atoms with van der Waals surface area (Å²) in [6, 6.07) is 11.1. The van der Waals surface area contributed by atoms with E-state index in [1.165, 1.54) is 22.0 Å². The van der Waals surface area contributed by atoms with Gasteiger partial charge in [0.2, 0.25) is 0 Å². The molecule has 0 heterocycles. The lowest BCUT2D eigenvalue weighted by atomic mass is 9.82. The van der Waals surface area contributed by atoms with Crippen LogP contribution >= 0.6 is 8.58 Å². The fourth-order valence-electron chi connectivity index (χ4n) is 3.60. The molecule has 0 spiro atoms. The quantitative estimate of drug-likeness (QED) is 0.629. The average molecular weight is 386 g/mol. The molecule has 2 rings (SSSR count). The average Bonchev–Trinajstić information content (AvgIpc) is 2.58. The molecule has 2 aromatic carbocycles. The summed E-state index contributed by atoms with van der Waals surface area (Å²) in [6.07, 6.45) is 0.985. The molecular formula is C24H36NOP. The van der Waals surface area contributed by atoms with E-state index in [2.05, 4.69) is 84.1 Å². The molecule has 2 aromatic rings. The second-order valence-corrected chi connectivity index (χ2v) is 10.9. The predicted octanol–water partition coefficient (Wildman–Crippen LogP) is 5.66. The van der Waals surface area contributed by atoms with Crippen molar-refractivity contribution in [3.8, 4) is 5.75 Å². The van der Waals surface area contributed by atoms with Crippen molar-refractivity contribution < 1.29 is 5.11 Å². The fourth-order valence-corrected chi connectivity index (χ4v) is 5.18. The molecule has 3 heteroatoms. The molecule has 0 amide bonds. The van der Waals surface area contributed by atoms with Crippen LogP contribution in [-0.4, -0.2) is 12.2 Å². The van der Waals surface area contributed by atoms with Crippen LogP contribution in [0.4, 0.5) is 0 Å². The Morgan fingerprint density at radius 2 is 1.59 bits per heavy atom. The summed E-state index contributed by atoms with van der Waals surface area (Å²) < 4.78 is 0. The summed E-state index contributed by atoms with van der Waals surface area (Å²) in [5, 5.41) is 15.8. The van der Waals surface area contributed by atoms with E-state index in [-0.39, 0.29) is 10.6 Å². The molecule has 0 radical (unpaired) electrons. The Hall–Kier alpha value is -1.37. The first-order valence-electron chi connectivity index (χ1n) is 9.88. The van der Waals surface area contributed by atoms with E-state index in [9.17, 15) is 5.11 Å². The van der Waals surface area contributed by atoms with Gasteiger partial charge in [-0.3, -0.25) is 0 Å². The summed E-state index contributed by atoms with van der Waals surface area (Å²) in [5.74, 6) is 0.479. The molecule has 0 saturated carbocycles. The minimum atomic E-state index is -0.0894. The molecule has 27 heavy (non-hydrogen) atoms. The standard InChI is InChI=1S/C24H36NOP/c1-9-24(7,27-21-11-10-16(2)12-18(21)15-25-8)20-14-17(3)13-19(22(20)26)23(4,5)6/h10-14,25-27H,9,15H2,1-8H3. The Kier molecular flexibility index (Phi) is 6.77. The molecule has 0 aliphatic heterocycles. The van der Waals surface area contributed by atoms with E-state index < -0.39 is 0 Å². The van der Waals surface area contributed by atoms with Gasteiger partial charge in [0.15, 0.2) is 0 Å². The second kappa shape index (κ2) is 8.33. The Balaban J connectivity index is 2.57. The highest BCUT2D eigenvalue weighted by Gasteiger charge is 2.32. The zero-order valence-corrected chi connectivity index (χ0v) is 19.2. The van der Waals surface area contributed by atoms with Crippen molar-refractivity contribution in [1.82, 2.24) is 5.32 Å². The van der Waals surface area contributed by atoms with Gasteiger partial charge in [-0.05, 0) is 49.2 Å². The maximum atomic E-state index is 11.2. The lowest BCUT2D eigenvalue weighted by Gasteiger charge is -2.33. The van der Waals surface area contributed by atoms with Crippen LogP contribution in [-0.2, 0) is 17.1 Å². The summed E-state index contributed by atoms with van der Waals surface area (Å²) >= 11 is 0. The highest BCUT2D eigenvalue weighted by molar-refractivity contribution is 7.48. The van der Waals surface area contributed by atoms with Crippen molar-refractivity contribution in [2.45, 2.75) is 72.0 Å². The number of hydrogen-bond donors (Lipinski definition) is 2. The molecule has 0 saturated heterocycles. The van der Waals surface area contributed by atoms with Crippen molar-refractivity contribution in [2.24, 2.45) is 0 Å². The van der Waals surface area contributed by atoms with Crippen molar-refractivity contribution >= 4 is 13.9 Å². The number of aryl methyl sites for hydroxylation is 2. The highest BCUT2D eigenvalue weighted by Crippen LogP contribution is 2.50. The Morgan fingerprint density at radius 3 is 2.15 bits per heavy atom. The predicted molar refractivity (Wildman–Crippen MR) is 121 cm³/mol. The van der Waals surface area contributed by atoms with E-state index in [4.69, 9.17) is 0 Å². The van der Waals surface area contributed by atoms with Gasteiger partial charge in [-0.25, -0.2) is 0 Å². The highest BCUT2D eigenvalue weighted by atomic mass is 31.1. The lowest BCUT2D eigenvalue weighted by molar-refractivity contribution is 0.430. The number of rotatable bonds is 6. The van der Waals surface area contributed by atoms with Crippen LogP contribution in [0.15, 0.2) is 30.3 Å². The van der Waals surface area contributed by atoms with Gasteiger partial charge < -0.3 is 10.4 Å². The molecular weight excluding hydrogens is 349 g/mol. The van der Waals surface area contributed by atoms with Crippen LogP contribution < -0.4 is 10.6 Å². The molecule has 0 aliphatic carbocycles. The van der Waals surface area contributed by atoms with Gasteiger partial charge in [0.25, 0.3) is 0 Å². The normalized spacial score (nSPS) is 14.7. The number of aromatic hydroxyl groups is 1. The first-order chi connectivity index (χ1) is 12.5. The Morgan fingerprint density at radius 1 is 0.963 bits per heavy atom.